The van der Waals surface area contributed by atoms with Crippen molar-refractivity contribution in [3.05, 3.63) is 94.9 Å². The lowest BCUT2D eigenvalue weighted by Crippen LogP contribution is -2.25. The van der Waals surface area contributed by atoms with E-state index >= 15 is 0 Å². The fourth-order valence-electron chi connectivity index (χ4n) is 3.52. The number of methoxy groups -OCH3 is 2. The summed E-state index contributed by atoms with van der Waals surface area (Å²) in [6.45, 7) is 0.0255. The second kappa shape index (κ2) is 11.5. The Labute approximate surface area is 212 Å². The highest BCUT2D eigenvalue weighted by atomic mass is 19.1. The van der Waals surface area contributed by atoms with Gasteiger partial charge in [0.05, 0.1) is 20.8 Å². The number of nitrogens with two attached hydrogens (primary N) is 1. The van der Waals surface area contributed by atoms with Crippen LogP contribution >= 0.6 is 0 Å². The Bertz CT molecular complexity index is 1390. The normalized spacial score (nSPS) is 10.7. The number of carbonyl (C=O) groups is 1. The minimum Gasteiger partial charge on any atom is -0.497 e. The van der Waals surface area contributed by atoms with Gasteiger partial charge in [-0.1, -0.05) is 18.2 Å². The van der Waals surface area contributed by atoms with Gasteiger partial charge in [0.2, 0.25) is 5.89 Å². The number of hydrogen-bond donors (Lipinski definition) is 2. The Morgan fingerprint density at radius 3 is 2.46 bits per heavy atom. The van der Waals surface area contributed by atoms with E-state index in [4.69, 9.17) is 24.4 Å². The molecule has 0 fully saturated rings. The highest BCUT2D eigenvalue weighted by Crippen LogP contribution is 2.33. The summed E-state index contributed by atoms with van der Waals surface area (Å²) in [7, 11) is 3.13. The second-order valence-corrected chi connectivity index (χ2v) is 7.92. The fourth-order valence-corrected chi connectivity index (χ4v) is 3.52. The summed E-state index contributed by atoms with van der Waals surface area (Å²) in [5.74, 6) is -0.0804. The van der Waals surface area contributed by atoms with Gasteiger partial charge < -0.3 is 29.7 Å². The summed E-state index contributed by atoms with van der Waals surface area (Å²) < 4.78 is 49.3. The predicted octanol–water partition coefficient (Wildman–Crippen LogP) is 4.60. The van der Waals surface area contributed by atoms with Crippen LogP contribution in [-0.2, 0) is 19.7 Å². The lowest BCUT2D eigenvalue weighted by molar-refractivity contribution is 0.0944. The molecule has 1 heterocycles. The summed E-state index contributed by atoms with van der Waals surface area (Å²) in [6.07, 6.45) is 0. The molecule has 0 spiro atoms. The Balaban J connectivity index is 1.52. The third-order valence-corrected chi connectivity index (χ3v) is 5.52. The first-order valence-electron chi connectivity index (χ1n) is 11.3. The second-order valence-electron chi connectivity index (χ2n) is 7.92. The number of rotatable bonds is 10. The standard InChI is InChI=1S/C27H25F2N3O5/c1-34-20-8-3-16(4-9-20)15-36-23-11-17(6-10-22(23)35-2)27-32-25(24(13-30)37-27)26(33)31-14-18-5-7-19(28)12-21(18)29/h3-12H,13-15,30H2,1-2H3,(H,31,33). The van der Waals surface area contributed by atoms with E-state index in [9.17, 15) is 13.6 Å². The van der Waals surface area contributed by atoms with Crippen molar-refractivity contribution in [3.63, 3.8) is 0 Å². The molecule has 1 aromatic heterocycles. The van der Waals surface area contributed by atoms with Crippen molar-refractivity contribution in [2.24, 2.45) is 5.73 Å². The van der Waals surface area contributed by atoms with Crippen LogP contribution < -0.4 is 25.3 Å². The van der Waals surface area contributed by atoms with Crippen LogP contribution in [0.2, 0.25) is 0 Å². The lowest BCUT2D eigenvalue weighted by Gasteiger charge is -2.12. The van der Waals surface area contributed by atoms with Crippen molar-refractivity contribution in [3.8, 4) is 28.7 Å². The molecule has 1 amide bonds. The molecule has 0 saturated heterocycles. The molecule has 0 aliphatic heterocycles. The SMILES string of the molecule is COc1ccc(COc2cc(-c3nc(C(=O)NCc4ccc(F)cc4F)c(CN)o3)ccc2OC)cc1. The van der Waals surface area contributed by atoms with Gasteiger partial charge in [0.15, 0.2) is 23.0 Å². The molecule has 3 aromatic carbocycles. The molecule has 0 radical (unpaired) electrons. The molecule has 0 bridgehead atoms. The number of oxazole rings is 1. The molecule has 0 saturated carbocycles. The molecule has 4 rings (SSSR count). The van der Waals surface area contributed by atoms with E-state index in [0.29, 0.717) is 17.1 Å². The van der Waals surface area contributed by atoms with Crippen molar-refractivity contribution in [1.29, 1.82) is 0 Å². The van der Waals surface area contributed by atoms with Crippen LogP contribution in [0.4, 0.5) is 8.78 Å². The number of hydrogen-bond acceptors (Lipinski definition) is 7. The molecular weight excluding hydrogens is 484 g/mol. The van der Waals surface area contributed by atoms with Crippen molar-refractivity contribution in [2.45, 2.75) is 19.7 Å². The van der Waals surface area contributed by atoms with Crippen molar-refractivity contribution < 1.29 is 32.2 Å². The number of nitrogens with zero attached hydrogens (tertiary/aromatic N) is 1. The molecule has 0 unspecified atom stereocenters. The van der Waals surface area contributed by atoms with Gasteiger partial charge in [-0.3, -0.25) is 4.79 Å². The van der Waals surface area contributed by atoms with Crippen LogP contribution in [0, 0.1) is 11.6 Å². The first-order valence-corrected chi connectivity index (χ1v) is 11.3. The Hall–Kier alpha value is -4.44. The predicted molar refractivity (Wildman–Crippen MR) is 131 cm³/mol. The first kappa shape index (κ1) is 25.6. The maximum atomic E-state index is 13.9. The van der Waals surface area contributed by atoms with Gasteiger partial charge in [-0.25, -0.2) is 13.8 Å². The maximum Gasteiger partial charge on any atom is 0.273 e. The molecule has 3 N–H and O–H groups in total. The average Bonchev–Trinajstić information content (AvgIpc) is 3.36. The van der Waals surface area contributed by atoms with E-state index in [0.717, 1.165) is 23.4 Å². The van der Waals surface area contributed by atoms with E-state index in [1.54, 1.807) is 25.3 Å². The van der Waals surface area contributed by atoms with Gasteiger partial charge in [0.25, 0.3) is 5.91 Å². The van der Waals surface area contributed by atoms with Gasteiger partial charge in [-0.2, -0.15) is 0 Å². The number of carbonyl (C=O) groups excluding carboxylic acids is 1. The van der Waals surface area contributed by atoms with Crippen molar-refractivity contribution >= 4 is 5.91 Å². The summed E-state index contributed by atoms with van der Waals surface area (Å²) in [5, 5.41) is 2.56. The van der Waals surface area contributed by atoms with Crippen LogP contribution in [-0.4, -0.2) is 25.1 Å². The number of benzene rings is 3. The molecule has 0 aliphatic carbocycles. The molecule has 37 heavy (non-hydrogen) atoms. The number of ether oxygens (including phenoxy) is 3. The molecule has 192 valence electrons. The zero-order valence-electron chi connectivity index (χ0n) is 20.2. The van der Waals surface area contributed by atoms with Crippen LogP contribution in [0.5, 0.6) is 17.2 Å². The van der Waals surface area contributed by atoms with Crippen LogP contribution in [0.15, 0.2) is 65.1 Å². The molecule has 4 aromatic rings. The Kier molecular flexibility index (Phi) is 7.99. The van der Waals surface area contributed by atoms with E-state index in [-0.39, 0.29) is 42.6 Å². The molecule has 8 nitrogen and oxygen atoms in total. The molecular formula is C27H25F2N3O5. The van der Waals surface area contributed by atoms with Crippen LogP contribution in [0.3, 0.4) is 0 Å². The van der Waals surface area contributed by atoms with E-state index in [1.165, 1.54) is 13.2 Å². The Morgan fingerprint density at radius 2 is 1.78 bits per heavy atom. The minimum absolute atomic E-state index is 0.0310. The lowest BCUT2D eigenvalue weighted by atomic mass is 10.2. The number of amides is 1. The highest BCUT2D eigenvalue weighted by molar-refractivity contribution is 5.93. The third-order valence-electron chi connectivity index (χ3n) is 5.52. The van der Waals surface area contributed by atoms with Gasteiger partial charge in [-0.05, 0) is 42.0 Å². The zero-order valence-corrected chi connectivity index (χ0v) is 20.2. The van der Waals surface area contributed by atoms with Crippen LogP contribution in [0.1, 0.15) is 27.4 Å². The van der Waals surface area contributed by atoms with Gasteiger partial charge in [-0.15, -0.1) is 0 Å². The Morgan fingerprint density at radius 1 is 1.00 bits per heavy atom. The van der Waals surface area contributed by atoms with Gasteiger partial charge in [0.1, 0.15) is 24.0 Å². The van der Waals surface area contributed by atoms with Crippen molar-refractivity contribution in [2.75, 3.05) is 14.2 Å². The van der Waals surface area contributed by atoms with Gasteiger partial charge >= 0.3 is 0 Å². The quantitative estimate of drug-likeness (QED) is 0.322. The molecule has 0 atom stereocenters. The fraction of sp³-hybridized carbons (Fsp3) is 0.185. The van der Waals surface area contributed by atoms with Crippen LogP contribution in [0.25, 0.3) is 11.5 Å². The summed E-state index contributed by atoms with van der Waals surface area (Å²) in [6, 6.07) is 15.7. The number of nitrogens with one attached hydrogen (secondary N) is 1. The summed E-state index contributed by atoms with van der Waals surface area (Å²) >= 11 is 0. The smallest absolute Gasteiger partial charge is 0.273 e. The largest absolute Gasteiger partial charge is 0.497 e. The zero-order chi connectivity index (χ0) is 26.4. The minimum atomic E-state index is -0.763. The molecule has 10 heteroatoms. The van der Waals surface area contributed by atoms with E-state index < -0.39 is 17.5 Å². The third kappa shape index (κ3) is 6.04. The monoisotopic (exact) mass is 509 g/mol. The van der Waals surface area contributed by atoms with Crippen molar-refractivity contribution in [1.82, 2.24) is 10.3 Å². The number of aromatic nitrogens is 1. The average molecular weight is 510 g/mol. The van der Waals surface area contributed by atoms with Gasteiger partial charge in [0, 0.05) is 23.7 Å². The summed E-state index contributed by atoms with van der Waals surface area (Å²) in [4.78, 5) is 17.1. The highest BCUT2D eigenvalue weighted by Gasteiger charge is 2.21. The summed E-state index contributed by atoms with van der Waals surface area (Å²) in [5.41, 5.74) is 7.32. The number of halogens is 2. The van der Waals surface area contributed by atoms with E-state index in [2.05, 4.69) is 10.3 Å². The van der Waals surface area contributed by atoms with E-state index in [1.807, 2.05) is 24.3 Å². The maximum absolute atomic E-state index is 13.9. The first-order chi connectivity index (χ1) is 17.9. The molecule has 0 aliphatic rings. The topological polar surface area (TPSA) is 109 Å².